The zero-order valence-corrected chi connectivity index (χ0v) is 43.6. The molecule has 2 bridgehead atoms. The number of aliphatic hydroxyl groups excluding tert-OH is 2. The van der Waals surface area contributed by atoms with E-state index in [1.165, 1.54) is 4.90 Å². The summed E-state index contributed by atoms with van der Waals surface area (Å²) in [6, 6.07) is -1.08. The Labute approximate surface area is 397 Å². The number of amides is 1. The Balaban J connectivity index is 1.73. The summed E-state index contributed by atoms with van der Waals surface area (Å²) in [6.45, 7) is 22.4. The van der Waals surface area contributed by atoms with Crippen molar-refractivity contribution >= 4 is 31.8 Å². The van der Waals surface area contributed by atoms with E-state index in [-0.39, 0.29) is 79.1 Å². The van der Waals surface area contributed by atoms with Crippen LogP contribution in [0.1, 0.15) is 139 Å². The molecule has 1 aliphatic carbocycles. The van der Waals surface area contributed by atoms with Gasteiger partial charge in [0.05, 0.1) is 37.6 Å². The third-order valence-electron chi connectivity index (χ3n) is 15.4. The first kappa shape index (κ1) is 56.2. The number of cyclic esters (lactones) is 1. The molecule has 14 atom stereocenters. The van der Waals surface area contributed by atoms with Crippen LogP contribution in [0.3, 0.4) is 0 Å². The molecule has 4 rings (SSSR count). The predicted molar refractivity (Wildman–Crippen MR) is 255 cm³/mol. The van der Waals surface area contributed by atoms with Crippen molar-refractivity contribution in [2.24, 2.45) is 29.6 Å². The summed E-state index contributed by atoms with van der Waals surface area (Å²) in [5.41, 5.74) is 1.87. The van der Waals surface area contributed by atoms with Gasteiger partial charge < -0.3 is 48.3 Å². The summed E-state index contributed by atoms with van der Waals surface area (Å²) in [5, 5.41) is 31.9. The average molecular weight is 950 g/mol. The van der Waals surface area contributed by atoms with Crippen molar-refractivity contribution in [1.82, 2.24) is 4.90 Å². The maximum atomic E-state index is 14.6. The Kier molecular flexibility index (Phi) is 20.9. The van der Waals surface area contributed by atoms with Gasteiger partial charge >= 0.3 is 5.97 Å². The minimum Gasteiger partial charge on any atom is -0.456 e. The number of carbonyl (C=O) groups excluding carboxylic acids is 4. The summed E-state index contributed by atoms with van der Waals surface area (Å²) in [4.78, 5) is 58.6. The molecule has 0 aromatic carbocycles. The van der Waals surface area contributed by atoms with Crippen LogP contribution in [-0.4, -0.2) is 141 Å². The van der Waals surface area contributed by atoms with E-state index in [0.29, 0.717) is 51.4 Å². The van der Waals surface area contributed by atoms with Crippen molar-refractivity contribution in [3.8, 4) is 0 Å². The van der Waals surface area contributed by atoms with Gasteiger partial charge in [-0.15, -0.1) is 0 Å². The zero-order valence-electron chi connectivity index (χ0n) is 42.6. The summed E-state index contributed by atoms with van der Waals surface area (Å²) in [5.74, 6) is -6.49. The number of fused-ring (bicyclic) bond motifs is 3. The second-order valence-electron chi connectivity index (χ2n) is 21.8. The number of esters is 1. The number of ether oxygens (including phenoxy) is 5. The van der Waals surface area contributed by atoms with E-state index in [1.807, 2.05) is 27.7 Å². The van der Waals surface area contributed by atoms with Crippen molar-refractivity contribution in [1.29, 1.82) is 0 Å². The number of piperidine rings is 1. The number of ketones is 2. The molecule has 14 unspecified atom stereocenters. The van der Waals surface area contributed by atoms with Crippen molar-refractivity contribution in [2.75, 3.05) is 34.0 Å². The van der Waals surface area contributed by atoms with Gasteiger partial charge in [0, 0.05) is 39.0 Å². The van der Waals surface area contributed by atoms with E-state index in [1.54, 1.807) is 21.1 Å². The monoisotopic (exact) mass is 950 g/mol. The molecule has 3 fully saturated rings. The second kappa shape index (κ2) is 24.5. The first-order valence-electron chi connectivity index (χ1n) is 24.9. The van der Waals surface area contributed by atoms with E-state index < -0.39 is 80.9 Å². The van der Waals surface area contributed by atoms with Crippen LogP contribution < -0.4 is 0 Å². The minimum absolute atomic E-state index is 0.000953. The molecule has 0 aromatic heterocycles. The molecule has 3 heterocycles. The zero-order chi connectivity index (χ0) is 49.3. The number of rotatable bonds is 11. The molecule has 1 amide bonds. The number of methoxy groups -OCH3 is 2. The normalized spacial score (nSPS) is 37.0. The number of Topliss-reactive ketones (excluding diaryl/α,β-unsaturated/α-hetero) is 2. The first-order chi connectivity index (χ1) is 30.9. The smallest absolute Gasteiger partial charge is 0.329 e. The van der Waals surface area contributed by atoms with E-state index in [9.17, 15) is 34.5 Å². The molecule has 2 saturated heterocycles. The predicted octanol–water partition coefficient (Wildman–Crippen LogP) is 7.26. The lowest BCUT2D eigenvalue weighted by atomic mass is 9.82. The number of carbonyl (C=O) groups is 4. The Bertz CT molecular complexity index is 1690. The third-order valence-corrected chi connectivity index (χ3v) is 19.9. The molecular formula is C51H87NO13Si. The summed E-state index contributed by atoms with van der Waals surface area (Å²) >= 11 is 0. The molecule has 378 valence electrons. The van der Waals surface area contributed by atoms with Gasteiger partial charge in [-0.25, -0.2) is 4.79 Å². The fraction of sp³-hybridized carbons (Fsp3) is 0.843. The van der Waals surface area contributed by atoms with Crippen LogP contribution in [0.5, 0.6) is 0 Å². The van der Waals surface area contributed by atoms with E-state index in [2.05, 4.69) is 52.9 Å². The fourth-order valence-corrected chi connectivity index (χ4v) is 11.7. The Morgan fingerprint density at radius 1 is 0.970 bits per heavy atom. The van der Waals surface area contributed by atoms with Crippen molar-refractivity contribution in [3.63, 3.8) is 0 Å². The maximum Gasteiger partial charge on any atom is 0.329 e. The highest BCUT2D eigenvalue weighted by molar-refractivity contribution is 6.74. The van der Waals surface area contributed by atoms with Gasteiger partial charge in [0.15, 0.2) is 8.32 Å². The van der Waals surface area contributed by atoms with Crippen molar-refractivity contribution in [2.45, 2.75) is 212 Å². The van der Waals surface area contributed by atoms with Crippen LogP contribution in [0, 0.1) is 29.6 Å². The van der Waals surface area contributed by atoms with Crippen LogP contribution >= 0.6 is 0 Å². The molecule has 3 aliphatic heterocycles. The summed E-state index contributed by atoms with van der Waals surface area (Å²) < 4.78 is 37.8. The summed E-state index contributed by atoms with van der Waals surface area (Å²) in [6.07, 6.45) is 6.17. The fourth-order valence-electron chi connectivity index (χ4n) is 10.3. The highest BCUT2D eigenvalue weighted by atomic mass is 28.4. The minimum atomic E-state index is -2.49. The van der Waals surface area contributed by atoms with E-state index in [0.717, 1.165) is 17.6 Å². The standard InChI is InChI=1S/C51H87NO13Si/c1-14-37-24-31(2)23-32(3)25-43(60-10)46-44(61-11)27-35(6)51(59,64-46)47(56)48(57)52-22-16-15-17-39(52)49(58)63-45(33(4)18-20-40(37)55)34(5)26-36-19-21-41(65-66(12,13)50(7,8)9)42(28-36)62-30-38(54)29-53/h24,26,32-33,35-39,41-46,53-54,59H,14-23,25,27-30H2,1-13H3/b31-24+,34-26?. The number of aliphatic hydroxyl groups is 3. The third kappa shape index (κ3) is 14.1. The lowest BCUT2D eigenvalue weighted by molar-refractivity contribution is -0.302. The Morgan fingerprint density at radius 2 is 1.64 bits per heavy atom. The molecule has 0 aromatic rings. The van der Waals surface area contributed by atoms with Crippen LogP contribution in [0.25, 0.3) is 0 Å². The molecule has 66 heavy (non-hydrogen) atoms. The lowest BCUT2D eigenvalue weighted by Crippen LogP contribution is -2.64. The van der Waals surface area contributed by atoms with E-state index in [4.69, 9.17) is 28.1 Å². The van der Waals surface area contributed by atoms with Gasteiger partial charge in [0.2, 0.25) is 5.79 Å². The van der Waals surface area contributed by atoms with Crippen LogP contribution in [0.4, 0.5) is 0 Å². The number of hydrogen-bond acceptors (Lipinski definition) is 13. The van der Waals surface area contributed by atoms with Gasteiger partial charge in [-0.05, 0) is 126 Å². The highest BCUT2D eigenvalue weighted by Gasteiger charge is 2.56. The molecule has 0 radical (unpaired) electrons. The summed E-state index contributed by atoms with van der Waals surface area (Å²) in [7, 11) is 0.910. The van der Waals surface area contributed by atoms with Gasteiger partial charge in [-0.2, -0.15) is 0 Å². The van der Waals surface area contributed by atoms with Gasteiger partial charge in [0.25, 0.3) is 11.7 Å². The van der Waals surface area contributed by atoms with Crippen LogP contribution in [-0.2, 0) is 47.3 Å². The second-order valence-corrected chi connectivity index (χ2v) is 26.6. The topological polar surface area (TPSA) is 188 Å². The Morgan fingerprint density at radius 3 is 2.26 bits per heavy atom. The van der Waals surface area contributed by atoms with Crippen LogP contribution in [0.15, 0.2) is 23.3 Å². The molecule has 4 aliphatic rings. The molecule has 1 saturated carbocycles. The number of nitrogens with zero attached hydrogens (tertiary/aromatic N) is 1. The van der Waals surface area contributed by atoms with E-state index >= 15 is 0 Å². The van der Waals surface area contributed by atoms with Gasteiger partial charge in [0.1, 0.15) is 30.1 Å². The SMILES string of the molecule is CCC1/C=C(\C)CC(C)CC(OC)C2OC(O)(C(=O)C(=O)N3CCCCC3C(=O)OC(C(C)=CC3CCC(O[Si](C)(C)C(C)(C)C)C(OCC(O)CO)C3)C(C)CCC1=O)C(C)CC2OC. The number of hydrogen-bond donors (Lipinski definition) is 3. The maximum absolute atomic E-state index is 14.6. The van der Waals surface area contributed by atoms with Crippen LogP contribution in [0.2, 0.25) is 18.1 Å². The molecule has 3 N–H and O–H groups in total. The molecule has 0 spiro atoms. The number of allylic oxidation sites excluding steroid dienone is 3. The molecule has 14 nitrogen and oxygen atoms in total. The quantitative estimate of drug-likeness (QED) is 0.0814. The largest absolute Gasteiger partial charge is 0.456 e. The van der Waals surface area contributed by atoms with Gasteiger partial charge in [-0.1, -0.05) is 66.2 Å². The highest BCUT2D eigenvalue weighted by Crippen LogP contribution is 2.42. The van der Waals surface area contributed by atoms with Gasteiger partial charge in [-0.3, -0.25) is 14.4 Å². The Hall–Kier alpha value is -2.34. The lowest BCUT2D eigenvalue weighted by Gasteiger charge is -2.47. The average Bonchev–Trinajstić information content (AvgIpc) is 3.27. The van der Waals surface area contributed by atoms with Crippen molar-refractivity contribution < 1.29 is 62.6 Å². The first-order valence-corrected chi connectivity index (χ1v) is 27.8. The molecule has 15 heteroatoms. The van der Waals surface area contributed by atoms with Crippen molar-refractivity contribution in [3.05, 3.63) is 23.3 Å². The molecular weight excluding hydrogens is 863 g/mol.